The number of hydrogen-bond donors (Lipinski definition) is 0. The Hall–Kier alpha value is -3.33. The Morgan fingerprint density at radius 3 is 2.37 bits per heavy atom. The van der Waals surface area contributed by atoms with Gasteiger partial charge in [0.05, 0.1) is 23.1 Å². The van der Waals surface area contributed by atoms with Crippen molar-refractivity contribution < 1.29 is 12.6 Å². The van der Waals surface area contributed by atoms with Crippen molar-refractivity contribution in [1.82, 2.24) is 0 Å². The molecule has 4 aromatic carbocycles. The fourth-order valence-corrected chi connectivity index (χ4v) is 10.7. The van der Waals surface area contributed by atoms with Crippen LogP contribution in [-0.2, 0) is 20.7 Å². The van der Waals surface area contributed by atoms with Crippen LogP contribution in [0.5, 0.6) is 0 Å². The van der Waals surface area contributed by atoms with Crippen molar-refractivity contribution in [3.8, 4) is 0 Å². The topological polar surface area (TPSA) is 46.6 Å². The summed E-state index contributed by atoms with van der Waals surface area (Å²) in [5, 5.41) is 8.06. The van der Waals surface area contributed by atoms with Gasteiger partial charge in [0.2, 0.25) is 0 Å². The summed E-state index contributed by atoms with van der Waals surface area (Å²) in [4.78, 5) is 4.56. The predicted octanol–water partition coefficient (Wildman–Crippen LogP) is 12.6. The van der Waals surface area contributed by atoms with E-state index in [2.05, 4.69) is 103 Å². The number of rotatable bonds is 10. The molecule has 0 spiro atoms. The van der Waals surface area contributed by atoms with Gasteiger partial charge in [0.15, 0.2) is 0 Å². The van der Waals surface area contributed by atoms with E-state index in [1.165, 1.54) is 31.3 Å². The molecule has 264 valence electrons. The Balaban J connectivity index is 1.19. The summed E-state index contributed by atoms with van der Waals surface area (Å²) < 4.78 is 32.7. The average molecular weight is 754 g/mol. The molecule has 0 bridgehead atoms. The van der Waals surface area contributed by atoms with Crippen molar-refractivity contribution >= 4 is 88.2 Å². The molecule has 0 atom stereocenters. The highest BCUT2D eigenvalue weighted by Crippen LogP contribution is 2.49. The molecule has 1 aliphatic carbocycles. The zero-order valence-corrected chi connectivity index (χ0v) is 32.9. The van der Waals surface area contributed by atoms with Crippen LogP contribution < -0.4 is 4.90 Å². The first-order valence-electron chi connectivity index (χ1n) is 17.8. The van der Waals surface area contributed by atoms with Gasteiger partial charge in [-0.25, -0.2) is 0 Å². The Morgan fingerprint density at radius 2 is 1.61 bits per heavy atom. The lowest BCUT2D eigenvalue weighted by atomic mass is 9.94. The molecule has 1 aliphatic heterocycles. The van der Waals surface area contributed by atoms with Crippen molar-refractivity contribution in [2.75, 3.05) is 23.8 Å². The number of fused-ring (bicyclic) bond motifs is 6. The zero-order chi connectivity index (χ0) is 35.8. The molecule has 51 heavy (non-hydrogen) atoms. The van der Waals surface area contributed by atoms with Crippen molar-refractivity contribution in [1.29, 1.82) is 0 Å². The fraction of sp³-hybridized carbons (Fsp3) is 0.302. The molecule has 1 aromatic heterocycles. The van der Waals surface area contributed by atoms with Gasteiger partial charge < -0.3 is 4.90 Å². The van der Waals surface area contributed by atoms with E-state index in [0.717, 1.165) is 74.7 Å². The molecular formula is C43H44ClNO3S3. The zero-order valence-electron chi connectivity index (χ0n) is 29.7. The average Bonchev–Trinajstić information content (AvgIpc) is 3.66. The molecule has 0 saturated carbocycles. The standard InChI is InChI=1S/C43H44ClNO3S3/c1-5-11-35-36-22-18-29-12-6-8-16-33(29)41(36)49-38(35)24-20-31-14-10-15-32(40(31)44)21-25-39-45(26-27-51(46,47)48-28-43(2,3)4)37-23-19-30-13-7-9-17-34(30)42(37)50-39/h6-9,12-13,16-25H,5,10-11,14-15,26-28H2,1-4H3/b24-20+,32-21+,39-25-. The molecule has 2 heterocycles. The van der Waals surface area contributed by atoms with Crippen LogP contribution >= 0.6 is 34.7 Å². The Kier molecular flexibility index (Phi) is 10.6. The predicted molar refractivity (Wildman–Crippen MR) is 222 cm³/mol. The normalized spacial score (nSPS) is 17.3. The number of thiophene rings is 1. The number of allylic oxidation sites excluding steroid dienone is 6. The minimum atomic E-state index is -3.71. The maximum Gasteiger partial charge on any atom is 0.269 e. The second-order valence-corrected chi connectivity index (χ2v) is 18.8. The Bertz CT molecular complexity index is 2360. The number of anilines is 1. The maximum absolute atomic E-state index is 13.0. The number of thioether (sulfide) groups is 1. The highest BCUT2D eigenvalue weighted by molar-refractivity contribution is 8.04. The van der Waals surface area contributed by atoms with Gasteiger partial charge >= 0.3 is 0 Å². The summed E-state index contributed by atoms with van der Waals surface area (Å²) in [5.41, 5.74) is 4.45. The summed E-state index contributed by atoms with van der Waals surface area (Å²) in [6.45, 7) is 8.60. The lowest BCUT2D eigenvalue weighted by molar-refractivity contribution is 0.203. The molecule has 0 radical (unpaired) electrons. The first kappa shape index (κ1) is 36.0. The summed E-state index contributed by atoms with van der Waals surface area (Å²) >= 11 is 10.7. The molecule has 5 aromatic rings. The van der Waals surface area contributed by atoms with E-state index in [9.17, 15) is 8.42 Å². The lowest BCUT2D eigenvalue weighted by Gasteiger charge is -2.22. The highest BCUT2D eigenvalue weighted by atomic mass is 35.5. The van der Waals surface area contributed by atoms with Crippen LogP contribution in [0.4, 0.5) is 5.69 Å². The molecule has 8 heteroatoms. The van der Waals surface area contributed by atoms with Crippen LogP contribution in [0, 0.1) is 5.41 Å². The highest BCUT2D eigenvalue weighted by Gasteiger charge is 2.29. The van der Waals surface area contributed by atoms with Crippen molar-refractivity contribution in [2.45, 2.75) is 64.7 Å². The van der Waals surface area contributed by atoms with Crippen molar-refractivity contribution in [3.05, 3.63) is 123 Å². The summed E-state index contributed by atoms with van der Waals surface area (Å²) in [6, 6.07) is 25.7. The van der Waals surface area contributed by atoms with Crippen molar-refractivity contribution in [2.24, 2.45) is 5.41 Å². The number of aryl methyl sites for hydroxylation is 1. The summed E-state index contributed by atoms with van der Waals surface area (Å²) in [7, 11) is -3.71. The van der Waals surface area contributed by atoms with Crippen molar-refractivity contribution in [3.63, 3.8) is 0 Å². The molecule has 0 unspecified atom stereocenters. The van der Waals surface area contributed by atoms with E-state index in [0.29, 0.717) is 6.54 Å². The monoisotopic (exact) mass is 753 g/mol. The van der Waals surface area contributed by atoms with E-state index in [-0.39, 0.29) is 17.8 Å². The number of nitrogens with zero attached hydrogens (tertiary/aromatic N) is 1. The molecular weight excluding hydrogens is 710 g/mol. The van der Waals surface area contributed by atoms with Gasteiger partial charge in [-0.1, -0.05) is 136 Å². The molecule has 0 amide bonds. The molecule has 4 nitrogen and oxygen atoms in total. The first-order valence-corrected chi connectivity index (χ1v) is 21.4. The largest absolute Gasteiger partial charge is 0.334 e. The van der Waals surface area contributed by atoms with Gasteiger partial charge in [-0.2, -0.15) is 8.42 Å². The van der Waals surface area contributed by atoms with Gasteiger partial charge in [-0.15, -0.1) is 11.3 Å². The number of hydrogen-bond acceptors (Lipinski definition) is 6. The quantitative estimate of drug-likeness (QED) is 0.133. The summed E-state index contributed by atoms with van der Waals surface area (Å²) in [6.07, 6.45) is 13.7. The Labute approximate surface area is 315 Å². The number of halogens is 1. The van der Waals surface area contributed by atoms with E-state index in [4.69, 9.17) is 15.8 Å². The molecule has 0 N–H and O–H groups in total. The minimum absolute atomic E-state index is 0.104. The molecule has 7 rings (SSSR count). The van der Waals surface area contributed by atoms with Gasteiger partial charge in [-0.3, -0.25) is 4.18 Å². The van der Waals surface area contributed by atoms with E-state index in [1.54, 1.807) is 11.8 Å². The first-order chi connectivity index (χ1) is 24.5. The van der Waals surface area contributed by atoms with E-state index < -0.39 is 10.1 Å². The van der Waals surface area contributed by atoms with Crippen LogP contribution in [0.25, 0.3) is 37.7 Å². The van der Waals surface area contributed by atoms with Crippen LogP contribution in [-0.4, -0.2) is 27.3 Å². The third kappa shape index (κ3) is 7.89. The van der Waals surface area contributed by atoms with Crippen LogP contribution in [0.1, 0.15) is 63.8 Å². The third-order valence-electron chi connectivity index (χ3n) is 9.39. The molecule has 2 aliphatic rings. The summed E-state index contributed by atoms with van der Waals surface area (Å²) in [5.74, 6) is -0.104. The second-order valence-electron chi connectivity index (χ2n) is 14.6. The SMILES string of the molecule is CCCc1c(/C=C/C2=C(Cl)C(=C/C=C3\Sc4c(ccc5ccccc45)N3CCS(=O)(=O)OCC(C)(C)C)/CCC2)sc2c1ccc1ccccc12. The van der Waals surface area contributed by atoms with Crippen LogP contribution in [0.2, 0.25) is 0 Å². The lowest BCUT2D eigenvalue weighted by Crippen LogP contribution is -2.28. The van der Waals surface area contributed by atoms with E-state index in [1.807, 2.05) is 38.2 Å². The fourth-order valence-electron chi connectivity index (χ4n) is 6.81. The minimum Gasteiger partial charge on any atom is -0.334 e. The maximum atomic E-state index is 13.0. The smallest absolute Gasteiger partial charge is 0.269 e. The van der Waals surface area contributed by atoms with Gasteiger partial charge in [-0.05, 0) is 93.0 Å². The number of benzene rings is 4. The molecule has 0 fully saturated rings. The second kappa shape index (κ2) is 15.0. The van der Waals surface area contributed by atoms with Crippen LogP contribution in [0.3, 0.4) is 0 Å². The van der Waals surface area contributed by atoms with Gasteiger partial charge in [0.25, 0.3) is 10.1 Å². The van der Waals surface area contributed by atoms with Gasteiger partial charge in [0, 0.05) is 26.0 Å². The van der Waals surface area contributed by atoms with Crippen LogP contribution in [0.15, 0.2) is 117 Å². The van der Waals surface area contributed by atoms with E-state index >= 15 is 0 Å². The molecule has 0 saturated heterocycles. The Morgan fingerprint density at radius 1 is 0.882 bits per heavy atom. The van der Waals surface area contributed by atoms with Gasteiger partial charge in [0.1, 0.15) is 0 Å². The third-order valence-corrected chi connectivity index (χ3v) is 13.5.